The minimum atomic E-state index is 0.279. The van der Waals surface area contributed by atoms with Crippen LogP contribution in [0.5, 0.6) is 0 Å². The number of nitrogens with zero attached hydrogens (tertiary/aromatic N) is 3. The van der Waals surface area contributed by atoms with Gasteiger partial charge in [-0.25, -0.2) is 4.98 Å². The van der Waals surface area contributed by atoms with Crippen molar-refractivity contribution in [2.45, 2.75) is 6.42 Å². The molecule has 0 radical (unpaired) electrons. The van der Waals surface area contributed by atoms with E-state index in [-0.39, 0.29) is 5.95 Å². The fourth-order valence-electron chi connectivity index (χ4n) is 1.12. The summed E-state index contributed by atoms with van der Waals surface area (Å²) >= 11 is 5.88. The first-order chi connectivity index (χ1) is 5.77. The highest BCUT2D eigenvalue weighted by Crippen LogP contribution is 2.26. The summed E-state index contributed by atoms with van der Waals surface area (Å²) in [4.78, 5) is 9.93. The highest BCUT2D eigenvalue weighted by atomic mass is 35.5. The summed E-state index contributed by atoms with van der Waals surface area (Å²) in [5, 5.41) is 0.573. The molecule has 12 heavy (non-hydrogen) atoms. The molecule has 5 heteroatoms. The van der Waals surface area contributed by atoms with Gasteiger partial charge in [-0.1, -0.05) is 11.6 Å². The van der Waals surface area contributed by atoms with E-state index in [1.54, 1.807) is 0 Å². The largest absolute Gasteiger partial charge is 0.368 e. The second kappa shape index (κ2) is 2.79. The van der Waals surface area contributed by atoms with E-state index in [4.69, 9.17) is 17.3 Å². The zero-order valence-electron chi connectivity index (χ0n) is 6.50. The van der Waals surface area contributed by atoms with Crippen molar-refractivity contribution in [3.05, 3.63) is 11.2 Å². The smallest absolute Gasteiger partial charge is 0.222 e. The highest BCUT2D eigenvalue weighted by Gasteiger charge is 2.18. The first-order valence-corrected chi connectivity index (χ1v) is 4.18. The molecule has 1 aliphatic rings. The normalized spacial score (nSPS) is 15.9. The van der Waals surface area contributed by atoms with Gasteiger partial charge in [-0.05, 0) is 6.42 Å². The van der Waals surface area contributed by atoms with Crippen LogP contribution in [0.2, 0.25) is 5.02 Å². The van der Waals surface area contributed by atoms with Gasteiger partial charge in [-0.15, -0.1) is 0 Å². The van der Waals surface area contributed by atoms with Gasteiger partial charge in [0, 0.05) is 13.1 Å². The van der Waals surface area contributed by atoms with Crippen LogP contribution in [-0.2, 0) is 0 Å². The van der Waals surface area contributed by atoms with Crippen molar-refractivity contribution in [3.8, 4) is 0 Å². The Morgan fingerprint density at radius 3 is 2.83 bits per heavy atom. The Labute approximate surface area is 75.4 Å². The summed E-state index contributed by atoms with van der Waals surface area (Å²) in [5.74, 6) is 1.04. The molecule has 0 saturated carbocycles. The first-order valence-electron chi connectivity index (χ1n) is 3.80. The lowest BCUT2D eigenvalue weighted by molar-refractivity contribution is 0.609. The number of anilines is 2. The van der Waals surface area contributed by atoms with E-state index in [1.807, 2.05) is 0 Å². The number of rotatable bonds is 1. The number of aromatic nitrogens is 2. The number of nitrogen functional groups attached to an aromatic ring is 1. The molecule has 2 N–H and O–H groups in total. The topological polar surface area (TPSA) is 55.0 Å². The van der Waals surface area contributed by atoms with E-state index in [1.165, 1.54) is 12.6 Å². The maximum atomic E-state index is 5.88. The molecule has 0 atom stereocenters. The molecule has 1 aromatic heterocycles. The van der Waals surface area contributed by atoms with E-state index in [0.717, 1.165) is 18.9 Å². The number of hydrogen-bond acceptors (Lipinski definition) is 4. The molecule has 1 saturated heterocycles. The summed E-state index contributed by atoms with van der Waals surface area (Å²) in [6, 6.07) is 0. The maximum Gasteiger partial charge on any atom is 0.222 e. The van der Waals surface area contributed by atoms with Gasteiger partial charge < -0.3 is 10.6 Å². The third-order valence-corrected chi connectivity index (χ3v) is 2.17. The summed E-state index contributed by atoms with van der Waals surface area (Å²) in [5.41, 5.74) is 5.44. The lowest BCUT2D eigenvalue weighted by atomic mass is 10.2. The molecule has 64 valence electrons. The summed E-state index contributed by atoms with van der Waals surface area (Å²) < 4.78 is 0. The van der Waals surface area contributed by atoms with E-state index in [2.05, 4.69) is 14.9 Å². The van der Waals surface area contributed by atoms with Crippen molar-refractivity contribution in [1.29, 1.82) is 0 Å². The van der Waals surface area contributed by atoms with Crippen molar-refractivity contribution in [2.24, 2.45) is 0 Å². The van der Waals surface area contributed by atoms with Crippen LogP contribution in [0.25, 0.3) is 0 Å². The lowest BCUT2D eigenvalue weighted by Crippen LogP contribution is -2.38. The molecule has 2 rings (SSSR count). The molecule has 0 amide bonds. The maximum absolute atomic E-state index is 5.88. The van der Waals surface area contributed by atoms with Crippen molar-refractivity contribution in [2.75, 3.05) is 23.7 Å². The molecule has 2 heterocycles. The molecular formula is C7H9ClN4. The fourth-order valence-corrected chi connectivity index (χ4v) is 1.33. The van der Waals surface area contributed by atoms with Gasteiger partial charge in [0.1, 0.15) is 5.02 Å². The Hall–Kier alpha value is -1.03. The van der Waals surface area contributed by atoms with Crippen LogP contribution in [0.3, 0.4) is 0 Å². The summed E-state index contributed by atoms with van der Waals surface area (Å²) in [6.45, 7) is 2.02. The van der Waals surface area contributed by atoms with Gasteiger partial charge in [0.15, 0.2) is 5.82 Å². The minimum Gasteiger partial charge on any atom is -0.368 e. The minimum absolute atomic E-state index is 0.279. The molecule has 0 aromatic carbocycles. The van der Waals surface area contributed by atoms with Crippen LogP contribution in [0.4, 0.5) is 11.8 Å². The summed E-state index contributed by atoms with van der Waals surface area (Å²) in [6.07, 6.45) is 2.73. The molecule has 0 bridgehead atoms. The molecule has 0 unspecified atom stereocenters. The monoisotopic (exact) mass is 184 g/mol. The molecule has 1 fully saturated rings. The van der Waals surface area contributed by atoms with Gasteiger partial charge in [0.05, 0.1) is 6.20 Å². The Morgan fingerprint density at radius 2 is 2.25 bits per heavy atom. The number of nitrogens with two attached hydrogens (primary N) is 1. The van der Waals surface area contributed by atoms with E-state index in [9.17, 15) is 0 Å². The van der Waals surface area contributed by atoms with Crippen LogP contribution in [0.15, 0.2) is 6.20 Å². The standard InChI is InChI=1S/C7H9ClN4/c8-5-4-10-7(9)11-6(5)12-2-1-3-12/h4H,1-3H2,(H2,9,10,11). The van der Waals surface area contributed by atoms with Crippen molar-refractivity contribution >= 4 is 23.4 Å². The Balaban J connectivity index is 2.34. The molecule has 1 aliphatic heterocycles. The second-order valence-electron chi connectivity index (χ2n) is 2.74. The SMILES string of the molecule is Nc1ncc(Cl)c(N2CCC2)n1. The molecule has 0 spiro atoms. The predicted octanol–water partition coefficient (Wildman–Crippen LogP) is 0.922. The number of halogens is 1. The van der Waals surface area contributed by atoms with E-state index >= 15 is 0 Å². The number of hydrogen-bond donors (Lipinski definition) is 1. The Bertz CT molecular complexity index is 297. The fraction of sp³-hybridized carbons (Fsp3) is 0.429. The van der Waals surface area contributed by atoms with Gasteiger partial charge in [-0.2, -0.15) is 4.98 Å². The zero-order valence-corrected chi connectivity index (χ0v) is 7.25. The van der Waals surface area contributed by atoms with E-state index in [0.29, 0.717) is 5.02 Å². The van der Waals surface area contributed by atoms with Crippen LogP contribution >= 0.6 is 11.6 Å². The summed E-state index contributed by atoms with van der Waals surface area (Å²) in [7, 11) is 0. The Kier molecular flexibility index (Phi) is 1.77. The lowest BCUT2D eigenvalue weighted by Gasteiger charge is -2.32. The molecular weight excluding hydrogens is 176 g/mol. The van der Waals surface area contributed by atoms with E-state index < -0.39 is 0 Å². The molecule has 1 aromatic rings. The molecule has 4 nitrogen and oxygen atoms in total. The van der Waals surface area contributed by atoms with Gasteiger partial charge >= 0.3 is 0 Å². The van der Waals surface area contributed by atoms with Crippen LogP contribution in [0, 0.1) is 0 Å². The third-order valence-electron chi connectivity index (χ3n) is 1.90. The van der Waals surface area contributed by atoms with Gasteiger partial charge in [-0.3, -0.25) is 0 Å². The van der Waals surface area contributed by atoms with Crippen molar-refractivity contribution in [1.82, 2.24) is 9.97 Å². The quantitative estimate of drug-likeness (QED) is 0.706. The van der Waals surface area contributed by atoms with Crippen LogP contribution in [0.1, 0.15) is 6.42 Å². The van der Waals surface area contributed by atoms with Crippen LogP contribution < -0.4 is 10.6 Å². The second-order valence-corrected chi connectivity index (χ2v) is 3.15. The first kappa shape index (κ1) is 7.61. The van der Waals surface area contributed by atoms with Gasteiger partial charge in [0.25, 0.3) is 0 Å². The Morgan fingerprint density at radius 1 is 1.50 bits per heavy atom. The average Bonchev–Trinajstić information content (AvgIpc) is 1.93. The van der Waals surface area contributed by atoms with Gasteiger partial charge in [0.2, 0.25) is 5.95 Å². The highest BCUT2D eigenvalue weighted by molar-refractivity contribution is 6.32. The van der Waals surface area contributed by atoms with Crippen molar-refractivity contribution in [3.63, 3.8) is 0 Å². The van der Waals surface area contributed by atoms with Crippen LogP contribution in [-0.4, -0.2) is 23.1 Å². The predicted molar refractivity (Wildman–Crippen MR) is 48.3 cm³/mol. The average molecular weight is 185 g/mol. The molecule has 0 aliphatic carbocycles. The third kappa shape index (κ3) is 1.18. The van der Waals surface area contributed by atoms with Crippen molar-refractivity contribution < 1.29 is 0 Å². The zero-order chi connectivity index (χ0) is 8.55.